The van der Waals surface area contributed by atoms with Crippen LogP contribution in [0.4, 0.5) is 0 Å². The molecule has 2 aromatic carbocycles. The number of aromatic nitrogens is 3. The summed E-state index contributed by atoms with van der Waals surface area (Å²) in [6, 6.07) is 11.0. The molecule has 0 saturated carbocycles. The molecule has 0 bridgehead atoms. The number of nitrogens with zero attached hydrogens (tertiary/aromatic N) is 1. The average Bonchev–Trinajstić information content (AvgIpc) is 3.05. The lowest BCUT2D eigenvalue weighted by Crippen LogP contribution is -1.99. The molecule has 6 nitrogen and oxygen atoms in total. The summed E-state index contributed by atoms with van der Waals surface area (Å²) in [6.45, 7) is 0. The minimum Gasteiger partial charge on any atom is -0.497 e. The van der Waals surface area contributed by atoms with Gasteiger partial charge < -0.3 is 19.8 Å². The van der Waals surface area contributed by atoms with Crippen molar-refractivity contribution in [3.63, 3.8) is 0 Å². The molecule has 0 saturated heterocycles. The Morgan fingerprint density at radius 1 is 1.09 bits per heavy atom. The van der Waals surface area contributed by atoms with E-state index in [9.17, 15) is 9.90 Å². The van der Waals surface area contributed by atoms with E-state index in [1.54, 1.807) is 23.8 Å². The molecule has 2 heterocycles. The van der Waals surface area contributed by atoms with Gasteiger partial charge in [-0.3, -0.25) is 4.57 Å². The first kappa shape index (κ1) is 12.6. The van der Waals surface area contributed by atoms with E-state index < -0.39 is 0 Å². The van der Waals surface area contributed by atoms with Crippen LogP contribution in [0.5, 0.6) is 11.6 Å². The highest BCUT2D eigenvalue weighted by Gasteiger charge is 2.11. The van der Waals surface area contributed by atoms with Gasteiger partial charge >= 0.3 is 5.69 Å². The third-order valence-electron chi connectivity index (χ3n) is 3.78. The van der Waals surface area contributed by atoms with Crippen LogP contribution in [-0.4, -0.2) is 26.8 Å². The number of hydrogen-bond acceptors (Lipinski definition) is 3. The van der Waals surface area contributed by atoms with Gasteiger partial charge in [-0.05, 0) is 36.4 Å². The Labute approximate surface area is 124 Å². The number of aromatic hydroxyl groups is 1. The molecule has 4 aromatic rings. The van der Waals surface area contributed by atoms with Crippen LogP contribution >= 0.6 is 0 Å². The standard InChI is InChI=1S/C16H13N3O3/c1-22-11-4-2-9-8-19(15(20)12(9)7-11)10-3-5-13-14(6-10)18-16(21)17-13/h2-8,20H,1H3,(H2,17,18,21). The van der Waals surface area contributed by atoms with Crippen molar-refractivity contribution in [1.29, 1.82) is 0 Å². The Hall–Kier alpha value is -3.15. The number of H-pyrrole nitrogens is 2. The number of imidazole rings is 1. The smallest absolute Gasteiger partial charge is 0.323 e. The van der Waals surface area contributed by atoms with E-state index >= 15 is 0 Å². The maximum absolute atomic E-state index is 11.3. The molecule has 0 aliphatic carbocycles. The predicted molar refractivity (Wildman–Crippen MR) is 84.0 cm³/mol. The number of ether oxygens (including phenoxy) is 1. The lowest BCUT2D eigenvalue weighted by atomic mass is 10.2. The fourth-order valence-corrected chi connectivity index (χ4v) is 2.67. The van der Waals surface area contributed by atoms with Gasteiger partial charge in [-0.1, -0.05) is 0 Å². The fraction of sp³-hybridized carbons (Fsp3) is 0.0625. The Bertz CT molecular complexity index is 1060. The Morgan fingerprint density at radius 2 is 1.91 bits per heavy atom. The van der Waals surface area contributed by atoms with Crippen LogP contribution < -0.4 is 10.4 Å². The predicted octanol–water partition coefficient (Wildman–Crippen LogP) is 2.51. The van der Waals surface area contributed by atoms with Gasteiger partial charge in [0.1, 0.15) is 5.75 Å². The molecule has 0 aliphatic heterocycles. The molecule has 0 atom stereocenters. The number of hydrogen-bond donors (Lipinski definition) is 3. The van der Waals surface area contributed by atoms with Gasteiger partial charge in [0.2, 0.25) is 5.88 Å². The molecule has 0 unspecified atom stereocenters. The highest BCUT2D eigenvalue weighted by molar-refractivity contribution is 5.90. The van der Waals surface area contributed by atoms with Gasteiger partial charge in [-0.2, -0.15) is 0 Å². The molecule has 0 aliphatic rings. The molecule has 6 heteroatoms. The Kier molecular flexibility index (Phi) is 2.53. The maximum atomic E-state index is 11.3. The van der Waals surface area contributed by atoms with E-state index in [1.807, 2.05) is 30.5 Å². The molecule has 22 heavy (non-hydrogen) atoms. The minimum absolute atomic E-state index is 0.131. The summed E-state index contributed by atoms with van der Waals surface area (Å²) >= 11 is 0. The van der Waals surface area contributed by atoms with Crippen molar-refractivity contribution in [2.75, 3.05) is 7.11 Å². The van der Waals surface area contributed by atoms with Crippen molar-refractivity contribution in [2.45, 2.75) is 0 Å². The van der Waals surface area contributed by atoms with Gasteiger partial charge in [-0.15, -0.1) is 0 Å². The van der Waals surface area contributed by atoms with Crippen LogP contribution in [-0.2, 0) is 0 Å². The van der Waals surface area contributed by atoms with Crippen molar-refractivity contribution in [1.82, 2.24) is 14.5 Å². The van der Waals surface area contributed by atoms with E-state index in [-0.39, 0.29) is 11.6 Å². The second kappa shape index (κ2) is 4.42. The number of nitrogens with one attached hydrogen (secondary N) is 2. The molecule has 0 fully saturated rings. The van der Waals surface area contributed by atoms with Crippen LogP contribution in [0.15, 0.2) is 47.4 Å². The van der Waals surface area contributed by atoms with Crippen LogP contribution in [0, 0.1) is 0 Å². The molecular formula is C16H13N3O3. The van der Waals surface area contributed by atoms with E-state index in [0.29, 0.717) is 16.7 Å². The highest BCUT2D eigenvalue weighted by atomic mass is 16.5. The Morgan fingerprint density at radius 3 is 2.73 bits per heavy atom. The quantitative estimate of drug-likeness (QED) is 0.531. The summed E-state index contributed by atoms with van der Waals surface area (Å²) in [5.41, 5.74) is 1.93. The van der Waals surface area contributed by atoms with Gasteiger partial charge in [0.25, 0.3) is 0 Å². The van der Waals surface area contributed by atoms with E-state index in [1.165, 1.54) is 0 Å². The fourth-order valence-electron chi connectivity index (χ4n) is 2.67. The first-order valence-electron chi connectivity index (χ1n) is 6.76. The topological polar surface area (TPSA) is 83.0 Å². The first-order valence-corrected chi connectivity index (χ1v) is 6.76. The molecule has 0 spiro atoms. The van der Waals surface area contributed by atoms with Crippen molar-refractivity contribution in [2.24, 2.45) is 0 Å². The SMILES string of the molecule is COc1ccc2cn(-c3ccc4[nH]c(=O)[nH]c4c3)c(O)c2c1. The second-order valence-electron chi connectivity index (χ2n) is 5.08. The van der Waals surface area contributed by atoms with Crippen molar-refractivity contribution >= 4 is 21.8 Å². The lowest BCUT2D eigenvalue weighted by Gasteiger charge is -2.04. The van der Waals surface area contributed by atoms with Crippen LogP contribution in [0.3, 0.4) is 0 Å². The molecule has 4 rings (SSSR count). The molecule has 0 amide bonds. The van der Waals surface area contributed by atoms with Crippen molar-refractivity contribution in [3.8, 4) is 17.3 Å². The average molecular weight is 295 g/mol. The summed E-state index contributed by atoms with van der Waals surface area (Å²) in [5, 5.41) is 12.1. The van der Waals surface area contributed by atoms with E-state index in [4.69, 9.17) is 4.74 Å². The summed E-state index contributed by atoms with van der Waals surface area (Å²) in [4.78, 5) is 16.7. The lowest BCUT2D eigenvalue weighted by molar-refractivity contribution is 0.414. The Balaban J connectivity index is 1.94. The molecule has 110 valence electrons. The minimum atomic E-state index is -0.251. The first-order chi connectivity index (χ1) is 10.7. The zero-order chi connectivity index (χ0) is 15.3. The number of benzene rings is 2. The summed E-state index contributed by atoms with van der Waals surface area (Å²) in [5.74, 6) is 0.817. The van der Waals surface area contributed by atoms with Crippen LogP contribution in [0.2, 0.25) is 0 Å². The largest absolute Gasteiger partial charge is 0.497 e. The van der Waals surface area contributed by atoms with E-state index in [0.717, 1.165) is 16.6 Å². The summed E-state index contributed by atoms with van der Waals surface area (Å²) < 4.78 is 6.86. The van der Waals surface area contributed by atoms with Gasteiger partial charge in [0, 0.05) is 17.0 Å². The van der Waals surface area contributed by atoms with Crippen molar-refractivity contribution < 1.29 is 9.84 Å². The number of fused-ring (bicyclic) bond motifs is 2. The third-order valence-corrected chi connectivity index (χ3v) is 3.78. The van der Waals surface area contributed by atoms with Gasteiger partial charge in [0.15, 0.2) is 0 Å². The van der Waals surface area contributed by atoms with E-state index in [2.05, 4.69) is 9.97 Å². The third kappa shape index (κ3) is 1.77. The number of rotatable bonds is 2. The number of methoxy groups -OCH3 is 1. The maximum Gasteiger partial charge on any atom is 0.323 e. The summed E-state index contributed by atoms with van der Waals surface area (Å²) in [6.07, 6.45) is 1.84. The number of aromatic amines is 2. The van der Waals surface area contributed by atoms with Crippen LogP contribution in [0.1, 0.15) is 0 Å². The zero-order valence-corrected chi connectivity index (χ0v) is 11.8. The van der Waals surface area contributed by atoms with Gasteiger partial charge in [-0.25, -0.2) is 4.79 Å². The molecule has 3 N–H and O–H groups in total. The van der Waals surface area contributed by atoms with Crippen molar-refractivity contribution in [3.05, 3.63) is 53.1 Å². The molecular weight excluding hydrogens is 282 g/mol. The second-order valence-corrected chi connectivity index (χ2v) is 5.08. The summed E-state index contributed by atoms with van der Waals surface area (Å²) in [7, 11) is 1.59. The monoisotopic (exact) mass is 295 g/mol. The molecule has 2 aromatic heterocycles. The van der Waals surface area contributed by atoms with Crippen LogP contribution in [0.25, 0.3) is 27.5 Å². The highest BCUT2D eigenvalue weighted by Crippen LogP contribution is 2.33. The normalized spacial score (nSPS) is 11.3. The van der Waals surface area contributed by atoms with Gasteiger partial charge in [0.05, 0.1) is 23.8 Å². The molecule has 0 radical (unpaired) electrons. The zero-order valence-electron chi connectivity index (χ0n) is 11.8.